The Morgan fingerprint density at radius 3 is 2.65 bits per heavy atom. The molecule has 0 saturated carbocycles. The quantitative estimate of drug-likeness (QED) is 0.797. The van der Waals surface area contributed by atoms with Crippen LogP contribution >= 0.6 is 0 Å². The highest BCUT2D eigenvalue weighted by atomic mass is 16.5. The van der Waals surface area contributed by atoms with E-state index in [1.807, 2.05) is 0 Å². The first-order chi connectivity index (χ1) is 11.0. The number of carbonyl (C=O) groups excluding carboxylic acids is 2. The lowest BCUT2D eigenvalue weighted by Crippen LogP contribution is -2.25. The van der Waals surface area contributed by atoms with Crippen molar-refractivity contribution in [1.29, 1.82) is 0 Å². The van der Waals surface area contributed by atoms with Crippen LogP contribution in [0, 0.1) is 5.92 Å². The average molecular weight is 315 g/mol. The number of fused-ring (bicyclic) bond motifs is 2. The molecular formula is C19H25NO3. The molecule has 1 heterocycles. The first kappa shape index (κ1) is 16.2. The van der Waals surface area contributed by atoms with Gasteiger partial charge in [0.15, 0.2) is 5.78 Å². The monoisotopic (exact) mass is 315 g/mol. The minimum Gasteiger partial charge on any atom is -0.456 e. The predicted molar refractivity (Wildman–Crippen MR) is 87.5 cm³/mol. The van der Waals surface area contributed by atoms with Gasteiger partial charge >= 0.3 is 5.97 Å². The van der Waals surface area contributed by atoms with Crippen LogP contribution in [0.15, 0.2) is 0 Å². The van der Waals surface area contributed by atoms with Gasteiger partial charge in [0, 0.05) is 13.3 Å². The Balaban J connectivity index is 2.15. The maximum Gasteiger partial charge on any atom is 0.303 e. The maximum absolute atomic E-state index is 12.4. The number of aromatic nitrogens is 1. The molecule has 0 fully saturated rings. The van der Waals surface area contributed by atoms with Gasteiger partial charge in [0.05, 0.1) is 5.69 Å². The standard InChI is InChI=1S/C19H25NO3/c1-11(2)10-15-13-6-4-8-16(22)18(13)20-19-14(15)7-5-9-17(19)23-12(3)21/h11,17H,4-10H2,1-3H3. The van der Waals surface area contributed by atoms with Crippen molar-refractivity contribution in [2.75, 3.05) is 0 Å². The Bertz CT molecular complexity index is 649. The topological polar surface area (TPSA) is 56.3 Å². The predicted octanol–water partition coefficient (Wildman–Crippen LogP) is 3.74. The lowest BCUT2D eigenvalue weighted by molar-refractivity contribution is -0.147. The molecule has 23 heavy (non-hydrogen) atoms. The number of esters is 1. The molecule has 1 atom stereocenters. The van der Waals surface area contributed by atoms with Crippen LogP contribution in [0.5, 0.6) is 0 Å². The molecular weight excluding hydrogens is 290 g/mol. The summed E-state index contributed by atoms with van der Waals surface area (Å²) >= 11 is 0. The van der Waals surface area contributed by atoms with E-state index in [2.05, 4.69) is 13.8 Å². The number of carbonyl (C=O) groups is 2. The molecule has 0 aromatic carbocycles. The number of ether oxygens (including phenoxy) is 1. The number of hydrogen-bond acceptors (Lipinski definition) is 4. The number of nitrogens with zero attached hydrogens (tertiary/aromatic N) is 1. The van der Waals surface area contributed by atoms with Gasteiger partial charge in [0.1, 0.15) is 11.8 Å². The van der Waals surface area contributed by atoms with Crippen LogP contribution in [0.4, 0.5) is 0 Å². The van der Waals surface area contributed by atoms with Crippen molar-refractivity contribution in [2.24, 2.45) is 5.92 Å². The van der Waals surface area contributed by atoms with Crippen LogP contribution in [0.1, 0.15) is 85.4 Å². The Hall–Kier alpha value is -1.71. The van der Waals surface area contributed by atoms with Crippen molar-refractivity contribution in [1.82, 2.24) is 4.98 Å². The Morgan fingerprint density at radius 2 is 1.96 bits per heavy atom. The van der Waals surface area contributed by atoms with Crippen LogP contribution in [-0.2, 0) is 28.8 Å². The third kappa shape index (κ3) is 3.17. The molecule has 0 amide bonds. The van der Waals surface area contributed by atoms with E-state index < -0.39 is 0 Å². The van der Waals surface area contributed by atoms with Gasteiger partial charge < -0.3 is 4.74 Å². The summed E-state index contributed by atoms with van der Waals surface area (Å²) in [6.45, 7) is 5.85. The molecule has 2 aliphatic carbocycles. The highest BCUT2D eigenvalue weighted by Crippen LogP contribution is 2.38. The second-order valence-corrected chi connectivity index (χ2v) is 7.15. The molecule has 4 nitrogen and oxygen atoms in total. The maximum atomic E-state index is 12.4. The van der Waals surface area contributed by atoms with Gasteiger partial charge in [0.2, 0.25) is 0 Å². The minimum absolute atomic E-state index is 0.145. The van der Waals surface area contributed by atoms with E-state index in [0.717, 1.165) is 49.8 Å². The highest BCUT2D eigenvalue weighted by molar-refractivity contribution is 5.97. The highest BCUT2D eigenvalue weighted by Gasteiger charge is 2.32. The zero-order valence-corrected chi connectivity index (χ0v) is 14.3. The fraction of sp³-hybridized carbons (Fsp3) is 0.632. The van der Waals surface area contributed by atoms with Gasteiger partial charge in [-0.05, 0) is 61.1 Å². The van der Waals surface area contributed by atoms with Crippen LogP contribution in [0.25, 0.3) is 0 Å². The smallest absolute Gasteiger partial charge is 0.303 e. The van der Waals surface area contributed by atoms with Gasteiger partial charge in [-0.2, -0.15) is 0 Å². The van der Waals surface area contributed by atoms with Gasteiger partial charge in [0.25, 0.3) is 0 Å². The minimum atomic E-state index is -0.290. The third-order valence-corrected chi connectivity index (χ3v) is 4.77. The average Bonchev–Trinajstić information content (AvgIpc) is 2.48. The van der Waals surface area contributed by atoms with Crippen LogP contribution in [0.2, 0.25) is 0 Å². The van der Waals surface area contributed by atoms with Crippen molar-refractivity contribution in [3.05, 3.63) is 28.1 Å². The van der Waals surface area contributed by atoms with E-state index in [9.17, 15) is 9.59 Å². The van der Waals surface area contributed by atoms with Gasteiger partial charge in [-0.3, -0.25) is 9.59 Å². The van der Waals surface area contributed by atoms with E-state index in [-0.39, 0.29) is 17.9 Å². The summed E-state index contributed by atoms with van der Waals surface area (Å²) in [4.78, 5) is 28.5. The fourth-order valence-electron chi connectivity index (χ4n) is 3.90. The van der Waals surface area contributed by atoms with E-state index in [1.165, 1.54) is 18.1 Å². The second-order valence-electron chi connectivity index (χ2n) is 7.15. The molecule has 1 aromatic rings. The number of pyridine rings is 1. The van der Waals surface area contributed by atoms with Gasteiger partial charge in [-0.25, -0.2) is 4.98 Å². The first-order valence-corrected chi connectivity index (χ1v) is 8.72. The molecule has 0 aliphatic heterocycles. The van der Waals surface area contributed by atoms with Crippen molar-refractivity contribution in [2.45, 2.75) is 71.8 Å². The molecule has 0 saturated heterocycles. The molecule has 124 valence electrons. The largest absolute Gasteiger partial charge is 0.456 e. The van der Waals surface area contributed by atoms with E-state index >= 15 is 0 Å². The van der Waals surface area contributed by atoms with Crippen LogP contribution < -0.4 is 0 Å². The van der Waals surface area contributed by atoms with E-state index in [0.29, 0.717) is 18.0 Å². The molecule has 1 unspecified atom stereocenters. The zero-order valence-electron chi connectivity index (χ0n) is 14.3. The molecule has 0 radical (unpaired) electrons. The second kappa shape index (κ2) is 6.42. The Morgan fingerprint density at radius 1 is 1.22 bits per heavy atom. The van der Waals surface area contributed by atoms with Gasteiger partial charge in [-0.15, -0.1) is 0 Å². The Kier molecular flexibility index (Phi) is 4.51. The van der Waals surface area contributed by atoms with Crippen LogP contribution in [-0.4, -0.2) is 16.7 Å². The van der Waals surface area contributed by atoms with Crippen molar-refractivity contribution < 1.29 is 14.3 Å². The van der Waals surface area contributed by atoms with E-state index in [4.69, 9.17) is 9.72 Å². The molecule has 0 bridgehead atoms. The summed E-state index contributed by atoms with van der Waals surface area (Å²) in [6, 6.07) is 0. The first-order valence-electron chi connectivity index (χ1n) is 8.72. The Labute approximate surface area is 137 Å². The van der Waals surface area contributed by atoms with Crippen molar-refractivity contribution in [3.8, 4) is 0 Å². The number of Topliss-reactive ketones (excluding diaryl/α,β-unsaturated/α-hetero) is 1. The molecule has 0 spiro atoms. The normalized spacial score (nSPS) is 20.2. The van der Waals surface area contributed by atoms with Crippen LogP contribution in [0.3, 0.4) is 0 Å². The molecule has 0 N–H and O–H groups in total. The number of ketones is 1. The summed E-state index contributed by atoms with van der Waals surface area (Å²) in [5.74, 6) is 0.391. The molecule has 2 aliphatic rings. The summed E-state index contributed by atoms with van der Waals surface area (Å²) in [6.07, 6.45) is 5.90. The summed E-state index contributed by atoms with van der Waals surface area (Å²) < 4.78 is 5.49. The SMILES string of the molecule is CC(=O)OC1CCCc2c1nc1c(c2CC(C)C)CCCC1=O. The molecule has 1 aromatic heterocycles. The van der Waals surface area contributed by atoms with Crippen molar-refractivity contribution in [3.63, 3.8) is 0 Å². The third-order valence-electron chi connectivity index (χ3n) is 4.77. The molecule has 3 rings (SSSR count). The number of hydrogen-bond donors (Lipinski definition) is 0. The lowest BCUT2D eigenvalue weighted by Gasteiger charge is -2.30. The summed E-state index contributed by atoms with van der Waals surface area (Å²) in [7, 11) is 0. The van der Waals surface area contributed by atoms with Crippen molar-refractivity contribution >= 4 is 11.8 Å². The zero-order chi connectivity index (χ0) is 16.6. The molecule has 4 heteroatoms. The fourth-order valence-corrected chi connectivity index (χ4v) is 3.90. The number of rotatable bonds is 3. The summed E-state index contributed by atoms with van der Waals surface area (Å²) in [5.41, 5.74) is 5.20. The summed E-state index contributed by atoms with van der Waals surface area (Å²) in [5, 5.41) is 0. The lowest BCUT2D eigenvalue weighted by atomic mass is 9.80. The van der Waals surface area contributed by atoms with E-state index in [1.54, 1.807) is 0 Å². The van der Waals surface area contributed by atoms with Gasteiger partial charge in [-0.1, -0.05) is 13.8 Å².